The van der Waals surface area contributed by atoms with Gasteiger partial charge in [0.05, 0.1) is 5.56 Å². The van der Waals surface area contributed by atoms with E-state index in [9.17, 15) is 14.4 Å². The van der Waals surface area contributed by atoms with Crippen molar-refractivity contribution >= 4 is 38.1 Å². The predicted octanol–water partition coefficient (Wildman–Crippen LogP) is 2.41. The number of halogens is 1. The molecule has 0 radical (unpaired) electrons. The van der Waals surface area contributed by atoms with Crippen LogP contribution in [0.2, 0.25) is 0 Å². The van der Waals surface area contributed by atoms with E-state index in [2.05, 4.69) is 5.92 Å². The molecule has 0 aliphatic carbocycles. The molecule has 1 rings (SSSR count). The lowest BCUT2D eigenvalue weighted by atomic mass is 9.90. The van der Waals surface area contributed by atoms with Crippen molar-refractivity contribution < 1.29 is 19.5 Å². The predicted molar refractivity (Wildman–Crippen MR) is 78.2 cm³/mol. The number of carboxylic acids is 1. The Labute approximate surface area is 124 Å². The van der Waals surface area contributed by atoms with Gasteiger partial charge in [-0.05, 0) is 17.7 Å². The molecular formula is C14H11IO4. The Hall–Kier alpha value is -1.68. The van der Waals surface area contributed by atoms with Gasteiger partial charge in [-0.2, -0.15) is 0 Å². The van der Waals surface area contributed by atoms with Crippen molar-refractivity contribution in [1.29, 1.82) is 0 Å². The molecule has 0 fully saturated rings. The average Bonchev–Trinajstić information content (AvgIpc) is 2.38. The first-order chi connectivity index (χ1) is 8.95. The van der Waals surface area contributed by atoms with Crippen LogP contribution in [0.3, 0.4) is 0 Å². The Morgan fingerprint density at radius 1 is 1.26 bits per heavy atom. The van der Waals surface area contributed by atoms with Crippen LogP contribution in [0, 0.1) is 12.3 Å². The third-order valence-electron chi connectivity index (χ3n) is 2.64. The van der Waals surface area contributed by atoms with Crippen LogP contribution in [0.15, 0.2) is 24.3 Å². The van der Waals surface area contributed by atoms with E-state index in [0.717, 1.165) is 5.56 Å². The molecule has 0 aliphatic heterocycles. The van der Waals surface area contributed by atoms with Crippen LogP contribution in [0.5, 0.6) is 0 Å². The van der Waals surface area contributed by atoms with E-state index >= 15 is 0 Å². The molecule has 1 aromatic carbocycles. The highest BCUT2D eigenvalue weighted by Crippen LogP contribution is 2.24. The second-order valence-electron chi connectivity index (χ2n) is 3.93. The number of carbonyl (C=O) groups excluding carboxylic acids is 2. The molecule has 5 heteroatoms. The van der Waals surface area contributed by atoms with Gasteiger partial charge < -0.3 is 5.11 Å². The van der Waals surface area contributed by atoms with Gasteiger partial charge in [-0.1, -0.05) is 12.1 Å². The van der Waals surface area contributed by atoms with Gasteiger partial charge >= 0.3 is 5.97 Å². The highest BCUT2D eigenvalue weighted by molar-refractivity contribution is 14.1. The molecule has 1 aromatic rings. The number of hydrogen-bond donors (Lipinski definition) is 1. The third kappa shape index (κ3) is 4.48. The molecular weight excluding hydrogens is 359 g/mol. The normalized spacial score (nSPS) is 11.4. The Balaban J connectivity index is 2.93. The monoisotopic (exact) mass is 370 g/mol. The molecule has 19 heavy (non-hydrogen) atoms. The second-order valence-corrected chi connectivity index (χ2v) is 4.91. The largest absolute Gasteiger partial charge is 0.478 e. The Morgan fingerprint density at radius 3 is 2.26 bits per heavy atom. The number of hydrogen-bond acceptors (Lipinski definition) is 3. The van der Waals surface area contributed by atoms with Crippen molar-refractivity contribution in [3.63, 3.8) is 0 Å². The zero-order valence-corrected chi connectivity index (χ0v) is 12.1. The molecule has 0 aliphatic rings. The van der Waals surface area contributed by atoms with Crippen molar-refractivity contribution in [2.75, 3.05) is 0 Å². The lowest BCUT2D eigenvalue weighted by Gasteiger charge is -2.13. The molecule has 0 saturated carbocycles. The van der Waals surface area contributed by atoms with E-state index in [1.165, 1.54) is 34.7 Å². The second kappa shape index (κ2) is 7.04. The molecule has 1 unspecified atom stereocenters. The van der Waals surface area contributed by atoms with Crippen LogP contribution < -0.4 is 0 Å². The van der Waals surface area contributed by atoms with Crippen LogP contribution >= 0.6 is 22.6 Å². The molecule has 4 nitrogen and oxygen atoms in total. The van der Waals surface area contributed by atoms with E-state index in [4.69, 9.17) is 11.5 Å². The zero-order valence-electron chi connectivity index (χ0n) is 9.93. The molecule has 0 aromatic heterocycles. The Bertz CT molecular complexity index is 540. The van der Waals surface area contributed by atoms with E-state index in [1.807, 2.05) is 0 Å². The van der Waals surface area contributed by atoms with Crippen LogP contribution in [0.1, 0.15) is 34.7 Å². The summed E-state index contributed by atoms with van der Waals surface area (Å²) >= 11 is 1.45. The summed E-state index contributed by atoms with van der Waals surface area (Å²) in [6.45, 7) is 0. The number of rotatable bonds is 6. The number of benzene rings is 1. The number of Topliss-reactive ketones (excluding diaryl/α,β-unsaturated/α-hetero) is 1. The van der Waals surface area contributed by atoms with Crippen molar-refractivity contribution in [3.8, 4) is 12.3 Å². The zero-order chi connectivity index (χ0) is 14.4. The van der Waals surface area contributed by atoms with Gasteiger partial charge in [0.15, 0.2) is 0 Å². The van der Waals surface area contributed by atoms with Gasteiger partial charge in [0.1, 0.15) is 0 Å². The number of terminal acetylenes is 1. The summed E-state index contributed by atoms with van der Waals surface area (Å²) in [6, 6.07) is 6.15. The fourth-order valence-electron chi connectivity index (χ4n) is 1.65. The van der Waals surface area contributed by atoms with E-state index in [-0.39, 0.29) is 17.9 Å². The first-order valence-corrected chi connectivity index (χ1v) is 6.53. The fourth-order valence-corrected chi connectivity index (χ4v) is 1.87. The molecule has 0 amide bonds. The van der Waals surface area contributed by atoms with Crippen molar-refractivity contribution in [3.05, 3.63) is 35.4 Å². The average molecular weight is 370 g/mol. The quantitative estimate of drug-likeness (QED) is 0.361. The lowest BCUT2D eigenvalue weighted by Crippen LogP contribution is -2.12. The van der Waals surface area contributed by atoms with Gasteiger partial charge in [-0.3, -0.25) is 9.59 Å². The van der Waals surface area contributed by atoms with Crippen LogP contribution in [0.25, 0.3) is 0 Å². The van der Waals surface area contributed by atoms with Crippen LogP contribution in [-0.2, 0) is 9.59 Å². The summed E-state index contributed by atoms with van der Waals surface area (Å²) in [7, 11) is 0. The highest BCUT2D eigenvalue weighted by Gasteiger charge is 2.19. The van der Waals surface area contributed by atoms with Crippen LogP contribution in [0.4, 0.5) is 0 Å². The molecule has 1 N–H and O–H groups in total. The minimum Gasteiger partial charge on any atom is -0.478 e. The molecule has 0 spiro atoms. The summed E-state index contributed by atoms with van der Waals surface area (Å²) < 4.78 is -0.526. The van der Waals surface area contributed by atoms with E-state index < -0.39 is 15.5 Å². The molecule has 98 valence electrons. The van der Waals surface area contributed by atoms with Crippen molar-refractivity contribution in [2.45, 2.75) is 18.8 Å². The number of carboxylic acid groups (broad SMARTS) is 1. The maximum Gasteiger partial charge on any atom is 0.335 e. The number of aromatic carboxylic acids is 1. The molecule has 1 atom stereocenters. The van der Waals surface area contributed by atoms with E-state index in [0.29, 0.717) is 6.42 Å². The maximum atomic E-state index is 11.5. The first-order valence-electron chi connectivity index (χ1n) is 5.45. The van der Waals surface area contributed by atoms with E-state index in [1.54, 1.807) is 12.1 Å². The third-order valence-corrected chi connectivity index (χ3v) is 3.25. The Kier molecular flexibility index (Phi) is 5.70. The highest BCUT2D eigenvalue weighted by atomic mass is 127. The molecule has 0 heterocycles. The van der Waals surface area contributed by atoms with Gasteiger partial charge in [-0.15, -0.1) is 12.3 Å². The number of carbonyl (C=O) groups is 3. The van der Waals surface area contributed by atoms with Gasteiger partial charge in [0.2, 0.25) is 5.78 Å². The number of ketones is 1. The van der Waals surface area contributed by atoms with Gasteiger partial charge in [0, 0.05) is 41.4 Å². The van der Waals surface area contributed by atoms with Gasteiger partial charge in [0.25, 0.3) is 3.79 Å². The SMILES string of the molecule is C#CCC(CC(=O)C(=O)I)c1ccc(C(=O)O)cc1. The first kappa shape index (κ1) is 15.4. The molecule has 0 bridgehead atoms. The minimum atomic E-state index is -1.02. The smallest absolute Gasteiger partial charge is 0.335 e. The van der Waals surface area contributed by atoms with Crippen molar-refractivity contribution in [2.24, 2.45) is 0 Å². The summed E-state index contributed by atoms with van der Waals surface area (Å²) in [5.74, 6) is 0.702. The Morgan fingerprint density at radius 2 is 1.84 bits per heavy atom. The minimum absolute atomic E-state index is 0.0401. The summed E-state index contributed by atoms with van der Waals surface area (Å²) in [5, 5.41) is 8.80. The maximum absolute atomic E-state index is 11.5. The fraction of sp³-hybridized carbons (Fsp3) is 0.214. The standard InChI is InChI=1S/C14H11IO4/c1-2-3-11(8-12(16)13(15)17)9-4-6-10(7-5-9)14(18)19/h1,4-7,11H,3,8H2,(H,18,19). The summed E-state index contributed by atoms with van der Waals surface area (Å²) in [4.78, 5) is 33.2. The molecule has 0 saturated heterocycles. The van der Waals surface area contributed by atoms with Crippen molar-refractivity contribution in [1.82, 2.24) is 0 Å². The summed E-state index contributed by atoms with van der Waals surface area (Å²) in [6.07, 6.45) is 5.62. The van der Waals surface area contributed by atoms with Crippen LogP contribution in [-0.4, -0.2) is 20.6 Å². The lowest BCUT2D eigenvalue weighted by molar-refractivity contribution is -0.131. The summed E-state index contributed by atoms with van der Waals surface area (Å²) in [5.41, 5.74) is 0.924. The topological polar surface area (TPSA) is 71.4 Å². The van der Waals surface area contributed by atoms with Gasteiger partial charge in [-0.25, -0.2) is 4.79 Å².